The number of ether oxygens (including phenoxy) is 1. The van der Waals surface area contributed by atoms with E-state index in [4.69, 9.17) is 4.52 Å². The second-order valence-electron chi connectivity index (χ2n) is 4.51. The Labute approximate surface area is 126 Å². The quantitative estimate of drug-likeness (QED) is 0.649. The van der Waals surface area contributed by atoms with Crippen LogP contribution >= 0.6 is 0 Å². The summed E-state index contributed by atoms with van der Waals surface area (Å²) in [5, 5.41) is 10.7. The summed E-state index contributed by atoms with van der Waals surface area (Å²) < 4.78 is 11.1. The van der Waals surface area contributed by atoms with Crippen molar-refractivity contribution in [3.8, 4) is 11.3 Å². The van der Waals surface area contributed by atoms with E-state index in [0.29, 0.717) is 5.69 Å². The third-order valence-electron chi connectivity index (χ3n) is 2.86. The third-order valence-corrected chi connectivity index (χ3v) is 2.86. The number of esters is 1. The molecule has 0 aromatic carbocycles. The molecule has 0 fully saturated rings. The molecule has 8 heteroatoms. The standard InChI is InChI=1S/C14H16N4O4/c1-9-10(8-18(2)16-9)11-7-12(22-17-11)14(20)15-6-4-5-13(19)21-3/h4-5,7-8H,6H2,1-3H3,(H,15,20)/b5-4+. The predicted octanol–water partition coefficient (Wildman–Crippen LogP) is 0.843. The van der Waals surface area contributed by atoms with Crippen molar-refractivity contribution < 1.29 is 18.8 Å². The first-order valence-electron chi connectivity index (χ1n) is 6.51. The van der Waals surface area contributed by atoms with Crippen molar-refractivity contribution in [1.82, 2.24) is 20.3 Å². The maximum absolute atomic E-state index is 11.9. The highest BCUT2D eigenvalue weighted by Crippen LogP contribution is 2.21. The second-order valence-corrected chi connectivity index (χ2v) is 4.51. The molecule has 2 rings (SSSR count). The van der Waals surface area contributed by atoms with Gasteiger partial charge in [-0.2, -0.15) is 5.10 Å². The number of methoxy groups -OCH3 is 1. The summed E-state index contributed by atoms with van der Waals surface area (Å²) in [6.07, 6.45) is 4.51. The van der Waals surface area contributed by atoms with Crippen molar-refractivity contribution in [3.05, 3.63) is 35.9 Å². The van der Waals surface area contributed by atoms with Crippen LogP contribution in [0.2, 0.25) is 0 Å². The van der Waals surface area contributed by atoms with Crippen LogP contribution in [0.3, 0.4) is 0 Å². The highest BCUT2D eigenvalue weighted by Gasteiger charge is 2.16. The van der Waals surface area contributed by atoms with Gasteiger partial charge < -0.3 is 14.6 Å². The lowest BCUT2D eigenvalue weighted by molar-refractivity contribution is -0.134. The van der Waals surface area contributed by atoms with Crippen LogP contribution in [0.1, 0.15) is 16.2 Å². The van der Waals surface area contributed by atoms with E-state index in [1.54, 1.807) is 24.0 Å². The summed E-state index contributed by atoms with van der Waals surface area (Å²) in [5.41, 5.74) is 2.14. The SMILES string of the molecule is COC(=O)/C=C/CNC(=O)c1cc(-c2cn(C)nc2C)no1. The second kappa shape index (κ2) is 6.70. The van der Waals surface area contributed by atoms with E-state index in [9.17, 15) is 9.59 Å². The number of hydrogen-bond donors (Lipinski definition) is 1. The van der Waals surface area contributed by atoms with E-state index < -0.39 is 11.9 Å². The number of aromatic nitrogens is 3. The first-order valence-corrected chi connectivity index (χ1v) is 6.51. The van der Waals surface area contributed by atoms with Crippen LogP contribution < -0.4 is 5.32 Å². The molecule has 1 N–H and O–H groups in total. The van der Waals surface area contributed by atoms with Gasteiger partial charge in [0, 0.05) is 37.5 Å². The average Bonchev–Trinajstić information content (AvgIpc) is 3.09. The monoisotopic (exact) mass is 304 g/mol. The molecule has 116 valence electrons. The predicted molar refractivity (Wildman–Crippen MR) is 76.9 cm³/mol. The van der Waals surface area contributed by atoms with E-state index in [0.717, 1.165) is 11.3 Å². The molecule has 0 bridgehead atoms. The fourth-order valence-corrected chi connectivity index (χ4v) is 1.82. The number of hydrogen-bond acceptors (Lipinski definition) is 6. The summed E-state index contributed by atoms with van der Waals surface area (Å²) in [6, 6.07) is 1.55. The van der Waals surface area contributed by atoms with Crippen LogP contribution in [0.4, 0.5) is 0 Å². The molecule has 2 aromatic heterocycles. The molecule has 22 heavy (non-hydrogen) atoms. The van der Waals surface area contributed by atoms with E-state index >= 15 is 0 Å². The lowest BCUT2D eigenvalue weighted by Gasteiger charge is -1.96. The van der Waals surface area contributed by atoms with Crippen LogP contribution in [-0.4, -0.2) is 40.5 Å². The number of carbonyl (C=O) groups is 2. The van der Waals surface area contributed by atoms with Gasteiger partial charge in [-0.05, 0) is 6.92 Å². The number of amides is 1. The fraction of sp³-hybridized carbons (Fsp3) is 0.286. The number of rotatable bonds is 5. The number of carbonyl (C=O) groups excluding carboxylic acids is 2. The van der Waals surface area contributed by atoms with Gasteiger partial charge in [0.15, 0.2) is 0 Å². The number of aryl methyl sites for hydroxylation is 2. The first-order chi connectivity index (χ1) is 10.5. The van der Waals surface area contributed by atoms with E-state index in [1.807, 2.05) is 6.92 Å². The highest BCUT2D eigenvalue weighted by molar-refractivity contribution is 5.92. The molecule has 0 atom stereocenters. The molecular weight excluding hydrogens is 288 g/mol. The van der Waals surface area contributed by atoms with Gasteiger partial charge in [0.05, 0.1) is 12.8 Å². The summed E-state index contributed by atoms with van der Waals surface area (Å²) >= 11 is 0. The van der Waals surface area contributed by atoms with Crippen molar-refractivity contribution in [2.45, 2.75) is 6.92 Å². The van der Waals surface area contributed by atoms with Crippen LogP contribution in [-0.2, 0) is 16.6 Å². The zero-order valence-corrected chi connectivity index (χ0v) is 12.5. The normalized spacial score (nSPS) is 10.9. The lowest BCUT2D eigenvalue weighted by atomic mass is 10.2. The Hall–Kier alpha value is -2.90. The maximum atomic E-state index is 11.9. The van der Waals surface area contributed by atoms with Crippen molar-refractivity contribution in [3.63, 3.8) is 0 Å². The summed E-state index contributed by atoms with van der Waals surface area (Å²) in [5.74, 6) is -0.817. The van der Waals surface area contributed by atoms with Gasteiger partial charge in [-0.3, -0.25) is 9.48 Å². The zero-order valence-electron chi connectivity index (χ0n) is 12.5. The largest absolute Gasteiger partial charge is 0.466 e. The average molecular weight is 304 g/mol. The Bertz CT molecular complexity index is 714. The van der Waals surface area contributed by atoms with Gasteiger partial charge >= 0.3 is 5.97 Å². The molecule has 2 heterocycles. The van der Waals surface area contributed by atoms with Crippen LogP contribution in [0.15, 0.2) is 28.9 Å². The Morgan fingerprint density at radius 2 is 2.27 bits per heavy atom. The van der Waals surface area contributed by atoms with Crippen molar-refractivity contribution in [2.75, 3.05) is 13.7 Å². The fourth-order valence-electron chi connectivity index (χ4n) is 1.82. The van der Waals surface area contributed by atoms with Gasteiger partial charge in [0.25, 0.3) is 5.91 Å². The van der Waals surface area contributed by atoms with Gasteiger partial charge in [-0.25, -0.2) is 4.79 Å². The van der Waals surface area contributed by atoms with E-state index in [-0.39, 0.29) is 12.3 Å². The molecule has 0 aliphatic heterocycles. The molecule has 0 spiro atoms. The molecule has 0 aliphatic rings. The molecule has 0 aliphatic carbocycles. The number of nitrogens with one attached hydrogen (secondary N) is 1. The Morgan fingerprint density at radius 3 is 2.91 bits per heavy atom. The van der Waals surface area contributed by atoms with E-state index in [2.05, 4.69) is 20.3 Å². The highest BCUT2D eigenvalue weighted by atomic mass is 16.5. The topological polar surface area (TPSA) is 99.2 Å². The molecular formula is C14H16N4O4. The Balaban J connectivity index is 1.99. The molecule has 0 saturated carbocycles. The van der Waals surface area contributed by atoms with E-state index in [1.165, 1.54) is 19.3 Å². The lowest BCUT2D eigenvalue weighted by Crippen LogP contribution is -2.22. The first kappa shape index (κ1) is 15.5. The summed E-state index contributed by atoms with van der Waals surface area (Å²) in [6.45, 7) is 2.03. The Kier molecular flexibility index (Phi) is 4.72. The van der Waals surface area contributed by atoms with Crippen molar-refractivity contribution >= 4 is 11.9 Å². The third kappa shape index (κ3) is 3.60. The molecule has 0 saturated heterocycles. The van der Waals surface area contributed by atoms with Crippen molar-refractivity contribution in [2.24, 2.45) is 7.05 Å². The van der Waals surface area contributed by atoms with Crippen LogP contribution in [0.5, 0.6) is 0 Å². The van der Waals surface area contributed by atoms with Gasteiger partial charge in [-0.15, -0.1) is 0 Å². The number of nitrogens with zero attached hydrogens (tertiary/aromatic N) is 3. The van der Waals surface area contributed by atoms with Crippen LogP contribution in [0, 0.1) is 6.92 Å². The molecule has 1 amide bonds. The molecule has 8 nitrogen and oxygen atoms in total. The minimum absolute atomic E-state index is 0.0877. The molecule has 0 radical (unpaired) electrons. The zero-order chi connectivity index (χ0) is 16.1. The minimum Gasteiger partial charge on any atom is -0.466 e. The summed E-state index contributed by atoms with van der Waals surface area (Å²) in [7, 11) is 3.08. The molecule has 0 unspecified atom stereocenters. The smallest absolute Gasteiger partial charge is 0.330 e. The molecule has 2 aromatic rings. The summed E-state index contributed by atoms with van der Waals surface area (Å²) in [4.78, 5) is 22.7. The van der Waals surface area contributed by atoms with Gasteiger partial charge in [0.1, 0.15) is 5.69 Å². The Morgan fingerprint density at radius 1 is 1.50 bits per heavy atom. The van der Waals surface area contributed by atoms with Gasteiger partial charge in [0.2, 0.25) is 5.76 Å². The van der Waals surface area contributed by atoms with Crippen LogP contribution in [0.25, 0.3) is 11.3 Å². The van der Waals surface area contributed by atoms with Crippen molar-refractivity contribution in [1.29, 1.82) is 0 Å². The minimum atomic E-state index is -0.483. The maximum Gasteiger partial charge on any atom is 0.330 e. The van der Waals surface area contributed by atoms with Gasteiger partial charge in [-0.1, -0.05) is 11.2 Å².